The van der Waals surface area contributed by atoms with Crippen LogP contribution >= 0.6 is 11.3 Å². The fraction of sp³-hybridized carbons (Fsp3) is 0.550. The number of carbonyl (C=O) groups excluding carboxylic acids is 3. The summed E-state index contributed by atoms with van der Waals surface area (Å²) in [5.41, 5.74) is 5.80. The number of carbonyl (C=O) groups is 3. The highest BCUT2D eigenvalue weighted by molar-refractivity contribution is 7.13. The van der Waals surface area contributed by atoms with Crippen LogP contribution in [0, 0.1) is 11.3 Å². The number of amides is 1. The first-order valence-corrected chi connectivity index (χ1v) is 10.3. The SMILES string of the molecule is C[C@@H](O)[C@H]1C(=O)N2C(C(=O)OCOC(=O)C(C)(C)C)=C(c3ccc(CN)s3)C[C@H]12. The van der Waals surface area contributed by atoms with Gasteiger partial charge < -0.3 is 25.2 Å². The highest BCUT2D eigenvalue weighted by atomic mass is 32.1. The van der Waals surface area contributed by atoms with Crippen molar-refractivity contribution in [1.29, 1.82) is 0 Å². The number of aliphatic hydroxyl groups excluding tert-OH is 1. The molecule has 1 aromatic heterocycles. The smallest absolute Gasteiger partial charge is 0.358 e. The highest BCUT2D eigenvalue weighted by Crippen LogP contribution is 2.48. The van der Waals surface area contributed by atoms with Gasteiger partial charge >= 0.3 is 11.9 Å². The quantitative estimate of drug-likeness (QED) is 0.406. The lowest BCUT2D eigenvalue weighted by Gasteiger charge is -2.44. The van der Waals surface area contributed by atoms with Crippen molar-refractivity contribution >= 4 is 34.8 Å². The van der Waals surface area contributed by atoms with Crippen molar-refractivity contribution in [2.24, 2.45) is 17.1 Å². The Morgan fingerprint density at radius 2 is 2.03 bits per heavy atom. The van der Waals surface area contributed by atoms with Gasteiger partial charge in [0.15, 0.2) is 0 Å². The third-order valence-electron chi connectivity index (χ3n) is 5.07. The number of aliphatic hydroxyl groups is 1. The van der Waals surface area contributed by atoms with Crippen molar-refractivity contribution in [2.45, 2.75) is 52.8 Å². The molecule has 0 aromatic carbocycles. The third kappa shape index (κ3) is 3.94. The number of ether oxygens (including phenoxy) is 2. The van der Waals surface area contributed by atoms with E-state index in [2.05, 4.69) is 0 Å². The molecule has 2 aliphatic rings. The predicted molar refractivity (Wildman–Crippen MR) is 106 cm³/mol. The van der Waals surface area contributed by atoms with Gasteiger partial charge in [-0.2, -0.15) is 0 Å². The highest BCUT2D eigenvalue weighted by Gasteiger charge is 2.57. The standard InChI is InChI=1S/C20H26N2O6S/c1-10(23)15-13-7-12(14-6-5-11(8-21)29-14)16(22(13)17(15)24)18(25)27-9-28-19(26)20(2,3)4/h5-6,10,13,15,23H,7-9,21H2,1-4H3/t10-,13-,15-/m1/s1. The van der Waals surface area contributed by atoms with Crippen LogP contribution in [-0.2, 0) is 30.4 Å². The number of nitrogens with two attached hydrogens (primary N) is 1. The van der Waals surface area contributed by atoms with Crippen LogP contribution in [0.1, 0.15) is 43.9 Å². The second-order valence-electron chi connectivity index (χ2n) is 8.27. The Morgan fingerprint density at radius 3 is 2.59 bits per heavy atom. The number of hydrogen-bond acceptors (Lipinski definition) is 8. The zero-order chi connectivity index (χ0) is 21.5. The normalized spacial score (nSPS) is 22.3. The van der Waals surface area contributed by atoms with Gasteiger partial charge in [-0.15, -0.1) is 11.3 Å². The molecule has 3 atom stereocenters. The lowest BCUT2D eigenvalue weighted by Crippen LogP contribution is -2.61. The van der Waals surface area contributed by atoms with E-state index in [0.717, 1.165) is 9.75 Å². The molecule has 0 spiro atoms. The Morgan fingerprint density at radius 1 is 1.34 bits per heavy atom. The van der Waals surface area contributed by atoms with E-state index in [4.69, 9.17) is 15.2 Å². The summed E-state index contributed by atoms with van der Waals surface area (Å²) in [4.78, 5) is 40.4. The van der Waals surface area contributed by atoms with Gasteiger partial charge in [-0.3, -0.25) is 9.59 Å². The van der Waals surface area contributed by atoms with Gasteiger partial charge in [0, 0.05) is 21.9 Å². The monoisotopic (exact) mass is 422 g/mol. The molecule has 1 saturated heterocycles. The topological polar surface area (TPSA) is 119 Å². The second kappa shape index (κ2) is 7.89. The lowest BCUT2D eigenvalue weighted by atomic mass is 9.83. The van der Waals surface area contributed by atoms with Crippen molar-refractivity contribution in [3.05, 3.63) is 27.6 Å². The van der Waals surface area contributed by atoms with E-state index in [1.165, 1.54) is 16.2 Å². The average molecular weight is 423 g/mol. The van der Waals surface area contributed by atoms with Crippen LogP contribution in [0.15, 0.2) is 17.8 Å². The molecule has 8 nitrogen and oxygen atoms in total. The van der Waals surface area contributed by atoms with E-state index in [0.29, 0.717) is 18.5 Å². The molecule has 0 bridgehead atoms. The van der Waals surface area contributed by atoms with Crippen LogP contribution < -0.4 is 5.73 Å². The molecule has 0 aliphatic carbocycles. The average Bonchev–Trinajstić information content (AvgIpc) is 3.22. The molecule has 0 saturated carbocycles. The number of β-lactam (4-membered cyclic amide) rings is 1. The largest absolute Gasteiger partial charge is 0.427 e. The minimum absolute atomic E-state index is 0.147. The van der Waals surface area contributed by atoms with Gasteiger partial charge in [0.05, 0.1) is 23.5 Å². The Balaban J connectivity index is 1.82. The molecule has 2 aliphatic heterocycles. The summed E-state index contributed by atoms with van der Waals surface area (Å²) >= 11 is 1.45. The minimum atomic E-state index is -0.809. The van der Waals surface area contributed by atoms with E-state index in [-0.39, 0.29) is 17.6 Å². The lowest BCUT2D eigenvalue weighted by molar-refractivity contribution is -0.175. The predicted octanol–water partition coefficient (Wildman–Crippen LogP) is 1.62. The molecule has 9 heteroatoms. The molecule has 29 heavy (non-hydrogen) atoms. The van der Waals surface area contributed by atoms with Crippen molar-refractivity contribution in [3.63, 3.8) is 0 Å². The number of thiophene rings is 1. The molecular weight excluding hydrogens is 396 g/mol. The third-order valence-corrected chi connectivity index (χ3v) is 6.24. The Hall–Kier alpha value is -2.23. The van der Waals surface area contributed by atoms with E-state index in [9.17, 15) is 19.5 Å². The van der Waals surface area contributed by atoms with Gasteiger partial charge in [-0.1, -0.05) is 0 Å². The molecule has 158 valence electrons. The Bertz CT molecular complexity index is 867. The van der Waals surface area contributed by atoms with Crippen molar-refractivity contribution in [2.75, 3.05) is 6.79 Å². The molecular formula is C20H26N2O6S. The maximum Gasteiger partial charge on any atom is 0.358 e. The second-order valence-corrected chi connectivity index (χ2v) is 9.44. The molecule has 0 radical (unpaired) electrons. The minimum Gasteiger partial charge on any atom is -0.427 e. The fourth-order valence-corrected chi connectivity index (χ4v) is 4.49. The molecule has 0 unspecified atom stereocenters. The summed E-state index contributed by atoms with van der Waals surface area (Å²) in [6.07, 6.45) is -0.367. The Kier molecular flexibility index (Phi) is 5.84. The molecule has 1 aromatic rings. The molecule has 3 heterocycles. The molecule has 3 N–H and O–H groups in total. The van der Waals surface area contributed by atoms with Crippen LogP contribution in [-0.4, -0.2) is 46.8 Å². The number of hydrogen-bond donors (Lipinski definition) is 2. The van der Waals surface area contributed by atoms with Gasteiger partial charge in [-0.25, -0.2) is 4.79 Å². The maximum absolute atomic E-state index is 12.8. The van der Waals surface area contributed by atoms with Crippen LogP contribution in [0.3, 0.4) is 0 Å². The van der Waals surface area contributed by atoms with Gasteiger partial charge in [0.2, 0.25) is 12.7 Å². The van der Waals surface area contributed by atoms with Gasteiger partial charge in [-0.05, 0) is 46.2 Å². The summed E-state index contributed by atoms with van der Waals surface area (Å²) in [7, 11) is 0. The number of rotatable bonds is 6. The van der Waals surface area contributed by atoms with Crippen LogP contribution in [0.2, 0.25) is 0 Å². The van der Waals surface area contributed by atoms with Crippen LogP contribution in [0.5, 0.6) is 0 Å². The van der Waals surface area contributed by atoms with E-state index >= 15 is 0 Å². The summed E-state index contributed by atoms with van der Waals surface area (Å²) in [6.45, 7) is 6.50. The van der Waals surface area contributed by atoms with Crippen molar-refractivity contribution < 1.29 is 29.0 Å². The summed E-state index contributed by atoms with van der Waals surface area (Å²) < 4.78 is 10.2. The number of nitrogens with zero attached hydrogens (tertiary/aromatic N) is 1. The van der Waals surface area contributed by atoms with Gasteiger partial charge in [0.25, 0.3) is 0 Å². The van der Waals surface area contributed by atoms with E-state index in [1.54, 1.807) is 27.7 Å². The summed E-state index contributed by atoms with van der Waals surface area (Å²) in [5.74, 6) is -2.09. The van der Waals surface area contributed by atoms with Crippen molar-refractivity contribution in [1.82, 2.24) is 4.90 Å². The fourth-order valence-electron chi connectivity index (χ4n) is 3.55. The van der Waals surface area contributed by atoms with Crippen molar-refractivity contribution in [3.8, 4) is 0 Å². The first kappa shape index (κ1) is 21.5. The number of fused-ring (bicyclic) bond motifs is 1. The molecule has 1 amide bonds. The van der Waals surface area contributed by atoms with Gasteiger partial charge in [0.1, 0.15) is 5.70 Å². The first-order chi connectivity index (χ1) is 13.6. The zero-order valence-corrected chi connectivity index (χ0v) is 17.7. The van der Waals surface area contributed by atoms with E-state index < -0.39 is 36.2 Å². The zero-order valence-electron chi connectivity index (χ0n) is 16.9. The van der Waals surface area contributed by atoms with Crippen LogP contribution in [0.25, 0.3) is 5.57 Å². The molecule has 3 rings (SSSR count). The first-order valence-electron chi connectivity index (χ1n) is 9.44. The summed E-state index contributed by atoms with van der Waals surface area (Å²) in [6, 6.07) is 3.45. The number of esters is 2. The van der Waals surface area contributed by atoms with E-state index in [1.807, 2.05) is 12.1 Å². The summed E-state index contributed by atoms with van der Waals surface area (Å²) in [5, 5.41) is 9.94. The molecule has 1 fully saturated rings. The maximum atomic E-state index is 12.8. The Labute approximate surface area is 173 Å². The van der Waals surface area contributed by atoms with Crippen LogP contribution in [0.4, 0.5) is 0 Å².